The molecule has 0 unspecified atom stereocenters. The van der Waals surface area contributed by atoms with Gasteiger partial charge in [0.05, 0.1) is 17.6 Å². The highest BCUT2D eigenvalue weighted by Gasteiger charge is 2.49. The number of fused-ring (bicyclic) bond motifs is 5. The Morgan fingerprint density at radius 2 is 1.93 bits per heavy atom. The third-order valence-electron chi connectivity index (χ3n) is 7.02. The molecule has 2 aliphatic heterocycles. The quantitative estimate of drug-likeness (QED) is 0.434. The Morgan fingerprint density at radius 1 is 1.17 bits per heavy atom. The summed E-state index contributed by atoms with van der Waals surface area (Å²) in [5, 5.41) is 10.6. The average Bonchev–Trinajstić information content (AvgIpc) is 2.94. The number of ketones is 1. The maximum absolute atomic E-state index is 12.6. The van der Waals surface area contributed by atoms with Crippen LogP contribution >= 0.6 is 0 Å². The summed E-state index contributed by atoms with van der Waals surface area (Å²) in [7, 11) is 0. The van der Waals surface area contributed by atoms with Crippen molar-refractivity contribution in [2.24, 2.45) is 35.5 Å². The standard InChI is InChI=1S/C23H30O6/c1-11(2)22(26)29-21-12(3)6-18-16(21)5-4-13-7-14(24)8-15-9-20(25)19(10-17(13)18)23(27)28-15/h4-5,10-18,21,24H,6-9H2,1-3H3/b19-10-/t12-,13+,14+,15+,16-,17-,18-,21-/m1/s1. The summed E-state index contributed by atoms with van der Waals surface area (Å²) in [6, 6.07) is 0. The first-order chi connectivity index (χ1) is 13.7. The average molecular weight is 402 g/mol. The number of hydrogen-bond acceptors (Lipinski definition) is 6. The zero-order valence-corrected chi connectivity index (χ0v) is 17.2. The van der Waals surface area contributed by atoms with Crippen LogP contribution in [0.15, 0.2) is 23.8 Å². The van der Waals surface area contributed by atoms with Gasteiger partial charge in [0.25, 0.3) is 0 Å². The molecule has 6 heteroatoms. The van der Waals surface area contributed by atoms with Gasteiger partial charge in [-0.15, -0.1) is 0 Å². The van der Waals surface area contributed by atoms with E-state index in [9.17, 15) is 19.5 Å². The van der Waals surface area contributed by atoms with Gasteiger partial charge >= 0.3 is 11.9 Å². The Kier molecular flexibility index (Phi) is 5.40. The number of esters is 2. The van der Waals surface area contributed by atoms with E-state index in [1.807, 2.05) is 13.8 Å². The van der Waals surface area contributed by atoms with Crippen molar-refractivity contribution in [1.29, 1.82) is 0 Å². The van der Waals surface area contributed by atoms with E-state index >= 15 is 0 Å². The molecule has 2 bridgehead atoms. The summed E-state index contributed by atoms with van der Waals surface area (Å²) in [6.45, 7) is 5.74. The van der Waals surface area contributed by atoms with Crippen molar-refractivity contribution in [3.05, 3.63) is 23.8 Å². The van der Waals surface area contributed by atoms with Crippen molar-refractivity contribution in [2.75, 3.05) is 0 Å². The predicted octanol–water partition coefficient (Wildman–Crippen LogP) is 2.59. The van der Waals surface area contributed by atoms with Gasteiger partial charge in [0.15, 0.2) is 5.78 Å². The second-order valence-corrected chi connectivity index (χ2v) is 9.50. The van der Waals surface area contributed by atoms with Crippen LogP contribution in [0.4, 0.5) is 0 Å². The molecule has 2 fully saturated rings. The van der Waals surface area contributed by atoms with Crippen LogP contribution in [0.5, 0.6) is 0 Å². The summed E-state index contributed by atoms with van der Waals surface area (Å²) >= 11 is 0. The van der Waals surface area contributed by atoms with Crippen LogP contribution in [-0.4, -0.2) is 41.1 Å². The number of aliphatic hydroxyl groups is 1. The van der Waals surface area contributed by atoms with Crippen LogP contribution in [0.2, 0.25) is 0 Å². The highest BCUT2D eigenvalue weighted by Crippen LogP contribution is 2.50. The Morgan fingerprint density at radius 3 is 2.62 bits per heavy atom. The molecule has 8 atom stereocenters. The second-order valence-electron chi connectivity index (χ2n) is 9.50. The SMILES string of the molecule is CC(C)C(=O)O[C@H]1[C@@H]2C=C[C@H]3C[C@H](O)C[C@H]4CC(=O)/C(=C/[C@H]3[C@@H]2C[C@H]1C)C(=O)O4. The fraction of sp³-hybridized carbons (Fsp3) is 0.696. The smallest absolute Gasteiger partial charge is 0.341 e. The first-order valence-electron chi connectivity index (χ1n) is 10.8. The molecule has 0 radical (unpaired) electrons. The molecule has 2 heterocycles. The van der Waals surface area contributed by atoms with Crippen molar-refractivity contribution in [1.82, 2.24) is 0 Å². The highest BCUT2D eigenvalue weighted by atomic mass is 16.5. The number of carbonyl (C=O) groups excluding carboxylic acids is 3. The lowest BCUT2D eigenvalue weighted by Gasteiger charge is -2.39. The molecule has 0 spiro atoms. The van der Waals surface area contributed by atoms with Gasteiger partial charge in [0.2, 0.25) is 0 Å². The van der Waals surface area contributed by atoms with Crippen molar-refractivity contribution >= 4 is 17.7 Å². The molecule has 5 rings (SSSR count). The highest BCUT2D eigenvalue weighted by molar-refractivity contribution is 6.18. The van der Waals surface area contributed by atoms with E-state index in [-0.39, 0.29) is 65.4 Å². The number of Topliss-reactive ketones (excluding diaryl/α,β-unsaturated/α-hetero) is 1. The molecular formula is C23H30O6. The van der Waals surface area contributed by atoms with Gasteiger partial charge in [0.1, 0.15) is 12.2 Å². The number of aliphatic hydroxyl groups excluding tert-OH is 1. The first-order valence-corrected chi connectivity index (χ1v) is 10.8. The zero-order chi connectivity index (χ0) is 20.9. The fourth-order valence-electron chi connectivity index (χ4n) is 5.56. The minimum Gasteiger partial charge on any atom is -0.461 e. The van der Waals surface area contributed by atoms with E-state index in [1.54, 1.807) is 6.08 Å². The van der Waals surface area contributed by atoms with Gasteiger partial charge < -0.3 is 14.6 Å². The van der Waals surface area contributed by atoms with Gasteiger partial charge in [-0.3, -0.25) is 9.59 Å². The lowest BCUT2D eigenvalue weighted by atomic mass is 9.68. The maximum atomic E-state index is 12.6. The Labute approximate surface area is 171 Å². The molecule has 0 aromatic carbocycles. The van der Waals surface area contributed by atoms with Crippen LogP contribution in [-0.2, 0) is 23.9 Å². The normalized spacial score (nSPS) is 43.3. The topological polar surface area (TPSA) is 89.9 Å². The molecular weight excluding hydrogens is 372 g/mol. The van der Waals surface area contributed by atoms with Crippen LogP contribution in [0.25, 0.3) is 0 Å². The van der Waals surface area contributed by atoms with Gasteiger partial charge in [-0.05, 0) is 36.5 Å². The van der Waals surface area contributed by atoms with Crippen molar-refractivity contribution < 1.29 is 29.0 Å². The lowest BCUT2D eigenvalue weighted by molar-refractivity contribution is -0.156. The Hall–Kier alpha value is -1.95. The third-order valence-corrected chi connectivity index (χ3v) is 7.02. The Balaban J connectivity index is 1.68. The number of allylic oxidation sites excluding steroid dienone is 2. The summed E-state index contributed by atoms with van der Waals surface area (Å²) < 4.78 is 11.2. The molecule has 29 heavy (non-hydrogen) atoms. The molecule has 3 aliphatic carbocycles. The minimum atomic E-state index is -0.629. The number of rotatable bonds is 2. The van der Waals surface area contributed by atoms with E-state index < -0.39 is 18.2 Å². The number of ether oxygens (including phenoxy) is 2. The van der Waals surface area contributed by atoms with E-state index in [0.717, 1.165) is 6.42 Å². The monoisotopic (exact) mass is 402 g/mol. The first kappa shape index (κ1) is 20.3. The summed E-state index contributed by atoms with van der Waals surface area (Å²) in [4.78, 5) is 37.3. The van der Waals surface area contributed by atoms with E-state index in [4.69, 9.17) is 9.47 Å². The zero-order valence-electron chi connectivity index (χ0n) is 17.2. The largest absolute Gasteiger partial charge is 0.461 e. The molecule has 0 aromatic rings. The summed E-state index contributed by atoms with van der Waals surface area (Å²) in [5.41, 5.74) is 0.150. The van der Waals surface area contributed by atoms with Gasteiger partial charge in [-0.1, -0.05) is 39.0 Å². The number of carbonyl (C=O) groups is 3. The lowest BCUT2D eigenvalue weighted by Crippen LogP contribution is -2.40. The van der Waals surface area contributed by atoms with Crippen molar-refractivity contribution in [3.8, 4) is 0 Å². The molecule has 1 N–H and O–H groups in total. The molecule has 158 valence electrons. The third kappa shape index (κ3) is 3.79. The van der Waals surface area contributed by atoms with Gasteiger partial charge in [0, 0.05) is 18.8 Å². The van der Waals surface area contributed by atoms with Crippen LogP contribution in [0, 0.1) is 35.5 Å². The Bertz CT molecular complexity index is 745. The van der Waals surface area contributed by atoms with Crippen LogP contribution in [0.1, 0.15) is 46.5 Å². The van der Waals surface area contributed by atoms with Crippen LogP contribution in [0.3, 0.4) is 0 Å². The van der Waals surface area contributed by atoms with Crippen LogP contribution < -0.4 is 0 Å². The molecule has 1 saturated carbocycles. The van der Waals surface area contributed by atoms with Crippen molar-refractivity contribution in [3.63, 3.8) is 0 Å². The van der Waals surface area contributed by atoms with Crippen molar-refractivity contribution in [2.45, 2.75) is 64.8 Å². The minimum absolute atomic E-state index is 0.0467. The van der Waals surface area contributed by atoms with Gasteiger partial charge in [-0.2, -0.15) is 0 Å². The fourth-order valence-corrected chi connectivity index (χ4v) is 5.56. The second kappa shape index (κ2) is 7.71. The maximum Gasteiger partial charge on any atom is 0.341 e. The molecule has 5 aliphatic rings. The molecule has 6 nitrogen and oxygen atoms in total. The van der Waals surface area contributed by atoms with E-state index in [2.05, 4.69) is 19.1 Å². The summed E-state index contributed by atoms with van der Waals surface area (Å²) in [6.07, 6.45) is 6.49. The van der Waals surface area contributed by atoms with E-state index in [1.165, 1.54) is 0 Å². The predicted molar refractivity (Wildman–Crippen MR) is 104 cm³/mol. The molecule has 0 aromatic heterocycles. The number of hydrogen-bond donors (Lipinski definition) is 1. The molecule has 0 amide bonds. The molecule has 1 saturated heterocycles. The summed E-state index contributed by atoms with van der Waals surface area (Å²) in [5.74, 6) is -0.775. The van der Waals surface area contributed by atoms with E-state index in [0.29, 0.717) is 12.8 Å². The van der Waals surface area contributed by atoms with Gasteiger partial charge in [-0.25, -0.2) is 4.79 Å².